The molecule has 0 saturated carbocycles. The first-order valence-electron chi connectivity index (χ1n) is 3.95. The van der Waals surface area contributed by atoms with Crippen molar-refractivity contribution in [3.05, 3.63) is 35.9 Å². The van der Waals surface area contributed by atoms with Crippen LogP contribution in [-0.2, 0) is 5.60 Å². The monoisotopic (exact) mass is 219 g/mol. The Hall–Kier alpha value is -1.56. The van der Waals surface area contributed by atoms with Gasteiger partial charge in [-0.3, -0.25) is 0 Å². The predicted octanol–water partition coefficient (Wildman–Crippen LogP) is 1.90. The van der Waals surface area contributed by atoms with E-state index in [9.17, 15) is 18.3 Å². The molecule has 0 bridgehead atoms. The van der Waals surface area contributed by atoms with Gasteiger partial charge in [-0.05, 0) is 5.56 Å². The second kappa shape index (κ2) is 3.90. The van der Waals surface area contributed by atoms with Crippen LogP contribution < -0.4 is 0 Å². The van der Waals surface area contributed by atoms with E-state index in [4.69, 9.17) is 5.21 Å². The molecule has 1 aromatic carbocycles. The van der Waals surface area contributed by atoms with Gasteiger partial charge in [-0.1, -0.05) is 35.5 Å². The van der Waals surface area contributed by atoms with Gasteiger partial charge in [0.1, 0.15) is 0 Å². The van der Waals surface area contributed by atoms with Crippen LogP contribution in [-0.4, -0.2) is 22.7 Å². The molecule has 15 heavy (non-hydrogen) atoms. The van der Waals surface area contributed by atoms with Crippen LogP contribution in [0.4, 0.5) is 13.2 Å². The molecule has 3 nitrogen and oxygen atoms in total. The molecule has 0 spiro atoms. The fourth-order valence-electron chi connectivity index (χ4n) is 1.09. The third kappa shape index (κ3) is 2.10. The predicted molar refractivity (Wildman–Crippen MR) is 46.7 cm³/mol. The molecule has 1 aromatic rings. The van der Waals surface area contributed by atoms with Crippen LogP contribution in [0.15, 0.2) is 35.5 Å². The number of benzene rings is 1. The van der Waals surface area contributed by atoms with Crippen LogP contribution in [0.1, 0.15) is 5.56 Å². The van der Waals surface area contributed by atoms with Crippen LogP contribution in [0, 0.1) is 0 Å². The van der Waals surface area contributed by atoms with Crippen molar-refractivity contribution in [1.82, 2.24) is 0 Å². The van der Waals surface area contributed by atoms with E-state index >= 15 is 0 Å². The standard InChI is InChI=1S/C9H8F3NO2/c10-9(11,12)8(14,6-13-15)7-4-2-1-3-5-7/h1-6,14-15H. The molecule has 0 radical (unpaired) electrons. The highest BCUT2D eigenvalue weighted by atomic mass is 19.4. The van der Waals surface area contributed by atoms with Gasteiger partial charge in [0.15, 0.2) is 0 Å². The van der Waals surface area contributed by atoms with Gasteiger partial charge in [-0.25, -0.2) is 0 Å². The normalized spacial score (nSPS) is 16.5. The van der Waals surface area contributed by atoms with E-state index in [0.29, 0.717) is 0 Å². The van der Waals surface area contributed by atoms with Crippen LogP contribution in [0.25, 0.3) is 0 Å². The maximum absolute atomic E-state index is 12.5. The largest absolute Gasteiger partial charge is 0.426 e. The Labute approximate surface area is 83.5 Å². The van der Waals surface area contributed by atoms with Gasteiger partial charge in [0.25, 0.3) is 0 Å². The third-order valence-corrected chi connectivity index (χ3v) is 1.89. The Bertz CT molecular complexity index is 350. The molecule has 1 unspecified atom stereocenters. The van der Waals surface area contributed by atoms with Crippen molar-refractivity contribution >= 4 is 6.21 Å². The van der Waals surface area contributed by atoms with Crippen molar-refractivity contribution < 1.29 is 23.5 Å². The molecule has 0 aliphatic heterocycles. The molecule has 1 rings (SSSR count). The molecular weight excluding hydrogens is 211 g/mol. The van der Waals surface area contributed by atoms with E-state index < -0.39 is 17.3 Å². The third-order valence-electron chi connectivity index (χ3n) is 1.89. The lowest BCUT2D eigenvalue weighted by atomic mass is 9.94. The Morgan fingerprint density at radius 1 is 1.13 bits per heavy atom. The quantitative estimate of drug-likeness (QED) is 0.453. The number of rotatable bonds is 2. The number of nitrogens with zero attached hydrogens (tertiary/aromatic N) is 1. The van der Waals surface area contributed by atoms with Gasteiger partial charge in [0, 0.05) is 0 Å². The van der Waals surface area contributed by atoms with Crippen LogP contribution in [0.3, 0.4) is 0 Å². The van der Waals surface area contributed by atoms with Gasteiger partial charge in [0.05, 0.1) is 6.21 Å². The number of halogens is 3. The Morgan fingerprint density at radius 2 is 1.67 bits per heavy atom. The summed E-state index contributed by atoms with van der Waals surface area (Å²) in [7, 11) is 0. The summed E-state index contributed by atoms with van der Waals surface area (Å²) in [5.74, 6) is 0. The smallest absolute Gasteiger partial charge is 0.411 e. The fourth-order valence-corrected chi connectivity index (χ4v) is 1.09. The van der Waals surface area contributed by atoms with Gasteiger partial charge in [-0.15, -0.1) is 0 Å². The molecule has 0 heterocycles. The summed E-state index contributed by atoms with van der Waals surface area (Å²) in [5.41, 5.74) is -3.67. The first-order valence-corrected chi connectivity index (χ1v) is 3.95. The summed E-state index contributed by atoms with van der Waals surface area (Å²) in [6, 6.07) is 6.38. The van der Waals surface area contributed by atoms with E-state index in [1.807, 2.05) is 0 Å². The fraction of sp³-hybridized carbons (Fsp3) is 0.222. The average molecular weight is 219 g/mol. The van der Waals surface area contributed by atoms with Gasteiger partial charge in [0.2, 0.25) is 5.60 Å². The van der Waals surface area contributed by atoms with Crippen molar-refractivity contribution in [3.8, 4) is 0 Å². The van der Waals surface area contributed by atoms with Crippen LogP contribution >= 0.6 is 0 Å². The molecular formula is C9H8F3NO2. The molecule has 0 saturated heterocycles. The summed E-state index contributed by atoms with van der Waals surface area (Å²) in [6.07, 6.45) is -4.90. The number of alkyl halides is 3. The second-order valence-electron chi connectivity index (χ2n) is 2.87. The molecule has 0 fully saturated rings. The highest BCUT2D eigenvalue weighted by Gasteiger charge is 2.54. The van der Waals surface area contributed by atoms with E-state index in [1.165, 1.54) is 18.2 Å². The van der Waals surface area contributed by atoms with Gasteiger partial charge < -0.3 is 10.3 Å². The lowest BCUT2D eigenvalue weighted by Crippen LogP contribution is -2.43. The zero-order valence-corrected chi connectivity index (χ0v) is 7.44. The number of hydrogen-bond acceptors (Lipinski definition) is 3. The minimum atomic E-state index is -4.94. The topological polar surface area (TPSA) is 52.8 Å². The SMILES string of the molecule is ON=CC(O)(c1ccccc1)C(F)(F)F. The number of hydrogen-bond donors (Lipinski definition) is 2. The molecule has 0 amide bonds. The summed E-state index contributed by atoms with van der Waals surface area (Å²) < 4.78 is 37.6. The summed E-state index contributed by atoms with van der Waals surface area (Å²) in [6.45, 7) is 0. The van der Waals surface area contributed by atoms with Crippen molar-refractivity contribution in [1.29, 1.82) is 0 Å². The van der Waals surface area contributed by atoms with E-state index in [0.717, 1.165) is 12.1 Å². The summed E-state index contributed by atoms with van der Waals surface area (Å²) in [5, 5.41) is 19.8. The average Bonchev–Trinajstić information content (AvgIpc) is 2.18. The zero-order valence-electron chi connectivity index (χ0n) is 7.44. The summed E-state index contributed by atoms with van der Waals surface area (Å²) >= 11 is 0. The van der Waals surface area contributed by atoms with E-state index in [2.05, 4.69) is 5.16 Å². The highest BCUT2D eigenvalue weighted by molar-refractivity contribution is 5.71. The molecule has 6 heteroatoms. The number of aliphatic hydroxyl groups is 1. The van der Waals surface area contributed by atoms with Crippen LogP contribution in [0.2, 0.25) is 0 Å². The maximum Gasteiger partial charge on any atom is 0.426 e. The minimum absolute atomic E-state index is 0.0440. The van der Waals surface area contributed by atoms with E-state index in [-0.39, 0.29) is 6.21 Å². The first-order chi connectivity index (χ1) is 6.92. The Kier molecular flexibility index (Phi) is 2.99. The molecule has 0 aromatic heterocycles. The first kappa shape index (κ1) is 11.5. The number of oxime groups is 1. The lowest BCUT2D eigenvalue weighted by Gasteiger charge is -2.26. The Balaban J connectivity index is 3.25. The highest BCUT2D eigenvalue weighted by Crippen LogP contribution is 2.37. The zero-order chi connectivity index (χ0) is 11.5. The van der Waals surface area contributed by atoms with Crippen molar-refractivity contribution in [2.45, 2.75) is 11.8 Å². The molecule has 0 aliphatic rings. The molecule has 1 atom stereocenters. The summed E-state index contributed by atoms with van der Waals surface area (Å²) in [4.78, 5) is 0. The van der Waals surface area contributed by atoms with Gasteiger partial charge in [-0.2, -0.15) is 13.2 Å². The maximum atomic E-state index is 12.5. The van der Waals surface area contributed by atoms with Crippen molar-refractivity contribution in [2.24, 2.45) is 5.16 Å². The van der Waals surface area contributed by atoms with Crippen LogP contribution in [0.5, 0.6) is 0 Å². The van der Waals surface area contributed by atoms with Crippen molar-refractivity contribution in [3.63, 3.8) is 0 Å². The minimum Gasteiger partial charge on any atom is -0.411 e. The lowest BCUT2D eigenvalue weighted by molar-refractivity contribution is -0.234. The van der Waals surface area contributed by atoms with E-state index in [1.54, 1.807) is 0 Å². The Morgan fingerprint density at radius 3 is 2.07 bits per heavy atom. The second-order valence-corrected chi connectivity index (χ2v) is 2.87. The van der Waals surface area contributed by atoms with Gasteiger partial charge >= 0.3 is 6.18 Å². The van der Waals surface area contributed by atoms with Crippen molar-refractivity contribution in [2.75, 3.05) is 0 Å². The molecule has 82 valence electrons. The molecule has 2 N–H and O–H groups in total. The molecule has 0 aliphatic carbocycles.